The number of hydrogen-bond donors (Lipinski definition) is 3. The van der Waals surface area contributed by atoms with Crippen molar-refractivity contribution < 1.29 is 9.90 Å². The van der Waals surface area contributed by atoms with Gasteiger partial charge in [-0.05, 0) is 41.7 Å². The molecule has 4 heteroatoms. The molecular weight excluding hydrogens is 288 g/mol. The first-order valence-electron chi connectivity index (χ1n) is 8.53. The van der Waals surface area contributed by atoms with E-state index in [1.54, 1.807) is 0 Å². The SMILES string of the molecule is CCC(CC)(CCO)CNC(=O)Nc1ccccc1C(C)(C)C. The van der Waals surface area contributed by atoms with E-state index in [-0.39, 0.29) is 23.5 Å². The molecule has 1 aromatic rings. The molecule has 0 saturated heterocycles. The highest BCUT2D eigenvalue weighted by atomic mass is 16.3. The standard InChI is InChI=1S/C19H32N2O2/c1-6-19(7-2,12-13-22)14-20-17(23)21-16-11-9-8-10-15(16)18(3,4)5/h8-11,22H,6-7,12-14H2,1-5H3,(H2,20,21,23). The van der Waals surface area contributed by atoms with Gasteiger partial charge in [0.25, 0.3) is 0 Å². The zero-order valence-corrected chi connectivity index (χ0v) is 15.2. The molecule has 0 bridgehead atoms. The summed E-state index contributed by atoms with van der Waals surface area (Å²) >= 11 is 0. The molecule has 0 aliphatic heterocycles. The van der Waals surface area contributed by atoms with E-state index in [0.717, 1.165) is 24.1 Å². The first-order chi connectivity index (χ1) is 10.8. The molecule has 4 nitrogen and oxygen atoms in total. The number of benzene rings is 1. The summed E-state index contributed by atoms with van der Waals surface area (Å²) in [5.41, 5.74) is 1.90. The Hall–Kier alpha value is -1.55. The number of carbonyl (C=O) groups is 1. The zero-order valence-electron chi connectivity index (χ0n) is 15.2. The van der Waals surface area contributed by atoms with Crippen LogP contribution in [0.4, 0.5) is 10.5 Å². The van der Waals surface area contributed by atoms with Crippen molar-refractivity contribution in [2.45, 2.75) is 59.3 Å². The number of amides is 2. The molecule has 0 heterocycles. The highest BCUT2D eigenvalue weighted by molar-refractivity contribution is 5.90. The van der Waals surface area contributed by atoms with Crippen LogP contribution in [0.3, 0.4) is 0 Å². The number of aliphatic hydroxyl groups is 1. The van der Waals surface area contributed by atoms with Crippen LogP contribution in [-0.4, -0.2) is 24.3 Å². The predicted molar refractivity (Wildman–Crippen MR) is 96.9 cm³/mol. The van der Waals surface area contributed by atoms with E-state index in [1.807, 2.05) is 24.3 Å². The van der Waals surface area contributed by atoms with E-state index >= 15 is 0 Å². The summed E-state index contributed by atoms with van der Waals surface area (Å²) in [6, 6.07) is 7.71. The quantitative estimate of drug-likeness (QED) is 0.701. The topological polar surface area (TPSA) is 61.4 Å². The van der Waals surface area contributed by atoms with E-state index in [0.29, 0.717) is 13.0 Å². The number of para-hydroxylation sites is 1. The first kappa shape index (κ1) is 19.5. The molecule has 0 atom stereocenters. The summed E-state index contributed by atoms with van der Waals surface area (Å²) in [7, 11) is 0. The van der Waals surface area contributed by atoms with Crippen LogP contribution in [0, 0.1) is 5.41 Å². The Morgan fingerprint density at radius 2 is 1.74 bits per heavy atom. The number of carbonyl (C=O) groups excluding carboxylic acids is 1. The molecule has 23 heavy (non-hydrogen) atoms. The molecule has 0 radical (unpaired) electrons. The van der Waals surface area contributed by atoms with Crippen LogP contribution in [0.25, 0.3) is 0 Å². The molecule has 0 unspecified atom stereocenters. The van der Waals surface area contributed by atoms with Crippen LogP contribution < -0.4 is 10.6 Å². The minimum Gasteiger partial charge on any atom is -0.396 e. The van der Waals surface area contributed by atoms with Gasteiger partial charge in [0, 0.05) is 18.8 Å². The number of anilines is 1. The van der Waals surface area contributed by atoms with E-state index in [4.69, 9.17) is 0 Å². The number of urea groups is 1. The molecule has 1 rings (SSSR count). The van der Waals surface area contributed by atoms with Crippen molar-refractivity contribution >= 4 is 11.7 Å². The van der Waals surface area contributed by atoms with Crippen LogP contribution in [0.1, 0.15) is 59.4 Å². The van der Waals surface area contributed by atoms with Gasteiger partial charge in [-0.2, -0.15) is 0 Å². The van der Waals surface area contributed by atoms with Gasteiger partial charge in [-0.3, -0.25) is 0 Å². The van der Waals surface area contributed by atoms with Crippen LogP contribution in [-0.2, 0) is 5.41 Å². The Bertz CT molecular complexity index is 502. The predicted octanol–water partition coefficient (Wildman–Crippen LogP) is 4.29. The maximum absolute atomic E-state index is 12.3. The second-order valence-corrected chi connectivity index (χ2v) is 7.28. The number of aliphatic hydroxyl groups excluding tert-OH is 1. The molecule has 130 valence electrons. The Morgan fingerprint density at radius 1 is 1.13 bits per heavy atom. The average Bonchev–Trinajstić information content (AvgIpc) is 2.51. The molecule has 0 aliphatic carbocycles. The fourth-order valence-electron chi connectivity index (χ4n) is 2.86. The van der Waals surface area contributed by atoms with Crippen LogP contribution in [0.5, 0.6) is 0 Å². The highest BCUT2D eigenvalue weighted by Crippen LogP contribution is 2.30. The summed E-state index contributed by atoms with van der Waals surface area (Å²) in [6.45, 7) is 11.3. The van der Waals surface area contributed by atoms with Crippen molar-refractivity contribution in [3.63, 3.8) is 0 Å². The van der Waals surface area contributed by atoms with Gasteiger partial charge >= 0.3 is 6.03 Å². The van der Waals surface area contributed by atoms with Crippen molar-refractivity contribution in [3.8, 4) is 0 Å². The van der Waals surface area contributed by atoms with Gasteiger partial charge in [-0.25, -0.2) is 4.79 Å². The van der Waals surface area contributed by atoms with Gasteiger partial charge in [-0.1, -0.05) is 52.8 Å². The summed E-state index contributed by atoms with van der Waals surface area (Å²) in [5.74, 6) is 0. The van der Waals surface area contributed by atoms with Crippen LogP contribution in [0.2, 0.25) is 0 Å². The maximum Gasteiger partial charge on any atom is 0.319 e. The Balaban J connectivity index is 2.75. The zero-order chi connectivity index (χ0) is 17.5. The lowest BCUT2D eigenvalue weighted by Gasteiger charge is -2.31. The second-order valence-electron chi connectivity index (χ2n) is 7.28. The average molecular weight is 320 g/mol. The largest absolute Gasteiger partial charge is 0.396 e. The maximum atomic E-state index is 12.3. The molecule has 0 spiro atoms. The van der Waals surface area contributed by atoms with Crippen molar-refractivity contribution in [1.29, 1.82) is 0 Å². The molecule has 3 N–H and O–H groups in total. The van der Waals surface area contributed by atoms with E-state index in [1.165, 1.54) is 0 Å². The van der Waals surface area contributed by atoms with Crippen LogP contribution >= 0.6 is 0 Å². The van der Waals surface area contributed by atoms with Gasteiger partial charge in [0.15, 0.2) is 0 Å². The molecular formula is C19H32N2O2. The fourth-order valence-corrected chi connectivity index (χ4v) is 2.86. The van der Waals surface area contributed by atoms with Crippen molar-refractivity contribution in [3.05, 3.63) is 29.8 Å². The normalized spacial score (nSPS) is 12.1. The van der Waals surface area contributed by atoms with Gasteiger partial charge in [0.1, 0.15) is 0 Å². The lowest BCUT2D eigenvalue weighted by Crippen LogP contribution is -2.40. The Morgan fingerprint density at radius 3 is 2.26 bits per heavy atom. The summed E-state index contributed by atoms with van der Waals surface area (Å²) in [4.78, 5) is 12.3. The minimum atomic E-state index is -0.189. The second kappa shape index (κ2) is 8.34. The van der Waals surface area contributed by atoms with Crippen LogP contribution in [0.15, 0.2) is 24.3 Å². The lowest BCUT2D eigenvalue weighted by molar-refractivity contribution is 0.165. The number of rotatable bonds is 7. The Kier molecular flexibility index (Phi) is 7.07. The number of nitrogens with one attached hydrogen (secondary N) is 2. The lowest BCUT2D eigenvalue weighted by atomic mass is 9.79. The van der Waals surface area contributed by atoms with Gasteiger partial charge < -0.3 is 15.7 Å². The van der Waals surface area contributed by atoms with E-state index < -0.39 is 0 Å². The first-order valence-corrected chi connectivity index (χ1v) is 8.53. The third kappa shape index (κ3) is 5.54. The van der Waals surface area contributed by atoms with Crippen molar-refractivity contribution in [1.82, 2.24) is 5.32 Å². The van der Waals surface area contributed by atoms with Gasteiger partial charge in [0.2, 0.25) is 0 Å². The van der Waals surface area contributed by atoms with E-state index in [2.05, 4.69) is 45.3 Å². The van der Waals surface area contributed by atoms with E-state index in [9.17, 15) is 9.90 Å². The van der Waals surface area contributed by atoms with Crippen molar-refractivity contribution in [2.24, 2.45) is 5.41 Å². The monoisotopic (exact) mass is 320 g/mol. The number of hydrogen-bond acceptors (Lipinski definition) is 2. The minimum absolute atomic E-state index is 0.0304. The third-order valence-corrected chi connectivity index (χ3v) is 4.75. The highest BCUT2D eigenvalue weighted by Gasteiger charge is 2.26. The fraction of sp³-hybridized carbons (Fsp3) is 0.632. The van der Waals surface area contributed by atoms with Gasteiger partial charge in [-0.15, -0.1) is 0 Å². The molecule has 0 saturated carbocycles. The van der Waals surface area contributed by atoms with Gasteiger partial charge in [0.05, 0.1) is 0 Å². The van der Waals surface area contributed by atoms with Crippen molar-refractivity contribution in [2.75, 3.05) is 18.5 Å². The molecule has 2 amide bonds. The molecule has 1 aromatic carbocycles. The molecule has 0 aromatic heterocycles. The molecule has 0 aliphatic rings. The Labute approximate surface area is 140 Å². The summed E-state index contributed by atoms with van der Waals surface area (Å²) < 4.78 is 0. The summed E-state index contributed by atoms with van der Waals surface area (Å²) in [5, 5.41) is 15.2. The smallest absolute Gasteiger partial charge is 0.319 e. The molecule has 0 fully saturated rings. The third-order valence-electron chi connectivity index (χ3n) is 4.75. The summed E-state index contributed by atoms with van der Waals surface area (Å²) in [6.07, 6.45) is 2.57.